The van der Waals surface area contributed by atoms with E-state index in [0.29, 0.717) is 34.5 Å². The third kappa shape index (κ3) is 2.84. The summed E-state index contributed by atoms with van der Waals surface area (Å²) in [5.41, 5.74) is 1.10. The molecule has 1 aromatic carbocycles. The van der Waals surface area contributed by atoms with Crippen LogP contribution in [0.5, 0.6) is 11.5 Å². The quantitative estimate of drug-likeness (QED) is 0.562. The number of ether oxygens (including phenoxy) is 1. The summed E-state index contributed by atoms with van der Waals surface area (Å²) in [7, 11) is 1.41. The molecule has 1 aliphatic heterocycles. The topological polar surface area (TPSA) is 113 Å². The van der Waals surface area contributed by atoms with Gasteiger partial charge in [-0.1, -0.05) is 18.2 Å². The Kier molecular flexibility index (Phi) is 4.66. The fourth-order valence-corrected chi connectivity index (χ4v) is 5.16. The van der Waals surface area contributed by atoms with Crippen LogP contribution in [0.3, 0.4) is 0 Å². The third-order valence-electron chi connectivity index (χ3n) is 6.66. The molecule has 0 amide bonds. The number of carbonyl (C=O) groups is 2. The Balaban J connectivity index is 1.79. The molecule has 0 unspecified atom stereocenters. The minimum Gasteiger partial charge on any atom is -0.504 e. The van der Waals surface area contributed by atoms with Gasteiger partial charge in [-0.15, -0.1) is 0 Å². The molecule has 1 N–H and O–H groups in total. The standard InChI is InChI=1S/C24H23N3O6/c1-4-33-18-7-5-6-14(22(18)30)19-13-8-9-26-23(31)25(3)24(32)27(26)16(13)11-15-20(19)17(28)10-12(2)21(15)29/h5-8,10,16,19,30H,4,9,11H2,1-3H3/t16-,19-/m1/s1. The first-order chi connectivity index (χ1) is 15.8. The predicted molar refractivity (Wildman–Crippen MR) is 118 cm³/mol. The van der Waals surface area contributed by atoms with Gasteiger partial charge in [0, 0.05) is 41.7 Å². The van der Waals surface area contributed by atoms with Crippen molar-refractivity contribution in [2.45, 2.75) is 38.8 Å². The van der Waals surface area contributed by atoms with Gasteiger partial charge in [0.15, 0.2) is 23.1 Å². The number of benzene rings is 1. The zero-order valence-electron chi connectivity index (χ0n) is 18.5. The molecule has 2 atom stereocenters. The van der Waals surface area contributed by atoms with Crippen LogP contribution in [0.2, 0.25) is 0 Å². The van der Waals surface area contributed by atoms with Gasteiger partial charge in [0.05, 0.1) is 19.2 Å². The average molecular weight is 449 g/mol. The van der Waals surface area contributed by atoms with Crippen LogP contribution in [0.4, 0.5) is 0 Å². The van der Waals surface area contributed by atoms with Gasteiger partial charge in [0.25, 0.3) is 0 Å². The summed E-state index contributed by atoms with van der Waals surface area (Å²) >= 11 is 0. The van der Waals surface area contributed by atoms with Crippen LogP contribution in [0, 0.1) is 0 Å². The van der Waals surface area contributed by atoms with Crippen molar-refractivity contribution in [3.63, 3.8) is 0 Å². The average Bonchev–Trinajstić information content (AvgIpc) is 3.02. The highest BCUT2D eigenvalue weighted by Gasteiger charge is 2.45. The molecule has 2 heterocycles. The third-order valence-corrected chi connectivity index (χ3v) is 6.66. The fraction of sp³-hybridized carbons (Fsp3) is 0.333. The highest BCUT2D eigenvalue weighted by atomic mass is 16.5. The molecule has 33 heavy (non-hydrogen) atoms. The van der Waals surface area contributed by atoms with Crippen LogP contribution in [0.25, 0.3) is 0 Å². The Bertz CT molecular complexity index is 1450. The van der Waals surface area contributed by atoms with Crippen molar-refractivity contribution < 1.29 is 19.4 Å². The van der Waals surface area contributed by atoms with E-state index >= 15 is 0 Å². The lowest BCUT2D eigenvalue weighted by Gasteiger charge is -2.39. The van der Waals surface area contributed by atoms with Crippen LogP contribution in [-0.2, 0) is 23.2 Å². The summed E-state index contributed by atoms with van der Waals surface area (Å²) in [6, 6.07) is 4.40. The molecule has 0 spiro atoms. The van der Waals surface area contributed by atoms with E-state index in [4.69, 9.17) is 4.74 Å². The molecule has 9 nitrogen and oxygen atoms in total. The van der Waals surface area contributed by atoms with Gasteiger partial charge in [0.1, 0.15) is 0 Å². The molecular formula is C24H23N3O6. The first-order valence-corrected chi connectivity index (χ1v) is 10.8. The minimum atomic E-state index is -0.754. The Morgan fingerprint density at radius 2 is 1.91 bits per heavy atom. The molecule has 0 saturated heterocycles. The fourth-order valence-electron chi connectivity index (χ4n) is 5.16. The molecule has 5 rings (SSSR count). The summed E-state index contributed by atoms with van der Waals surface area (Å²) in [6.45, 7) is 3.86. The number of fused-ring (bicyclic) bond motifs is 3. The number of ketones is 2. The van der Waals surface area contributed by atoms with Crippen molar-refractivity contribution in [1.82, 2.24) is 13.9 Å². The van der Waals surface area contributed by atoms with Gasteiger partial charge < -0.3 is 9.84 Å². The van der Waals surface area contributed by atoms with E-state index < -0.39 is 23.3 Å². The van der Waals surface area contributed by atoms with Gasteiger partial charge in [-0.2, -0.15) is 0 Å². The van der Waals surface area contributed by atoms with E-state index in [9.17, 15) is 24.3 Å². The Morgan fingerprint density at radius 3 is 2.64 bits per heavy atom. The zero-order chi connectivity index (χ0) is 23.6. The van der Waals surface area contributed by atoms with Crippen LogP contribution in [0.15, 0.2) is 62.2 Å². The lowest BCUT2D eigenvalue weighted by molar-refractivity contribution is -0.116. The van der Waals surface area contributed by atoms with Gasteiger partial charge in [-0.25, -0.2) is 23.5 Å². The second kappa shape index (κ2) is 7.33. The number of allylic oxidation sites excluding steroid dienone is 6. The predicted octanol–water partition coefficient (Wildman–Crippen LogP) is 1.52. The van der Waals surface area contributed by atoms with Crippen LogP contribution in [0.1, 0.15) is 37.8 Å². The molecule has 3 aliphatic rings. The minimum absolute atomic E-state index is 0.114. The van der Waals surface area contributed by atoms with Gasteiger partial charge in [0.2, 0.25) is 0 Å². The van der Waals surface area contributed by atoms with Gasteiger partial charge in [-0.05, 0) is 31.6 Å². The van der Waals surface area contributed by atoms with Crippen LogP contribution in [-0.4, -0.2) is 37.2 Å². The Morgan fingerprint density at radius 1 is 1.15 bits per heavy atom. The van der Waals surface area contributed by atoms with E-state index in [1.807, 2.05) is 6.08 Å². The number of rotatable bonds is 3. The summed E-state index contributed by atoms with van der Waals surface area (Å²) < 4.78 is 9.28. The number of Topliss-reactive ketones (excluding diaryl/α,β-unsaturated/α-hetero) is 1. The Hall–Kier alpha value is -3.88. The highest BCUT2D eigenvalue weighted by molar-refractivity contribution is 6.23. The highest BCUT2D eigenvalue weighted by Crippen LogP contribution is 2.52. The molecule has 9 heteroatoms. The lowest BCUT2D eigenvalue weighted by atomic mass is 9.67. The molecular weight excluding hydrogens is 426 g/mol. The lowest BCUT2D eigenvalue weighted by Crippen LogP contribution is -2.40. The smallest absolute Gasteiger partial charge is 0.347 e. The summed E-state index contributed by atoms with van der Waals surface area (Å²) in [6.07, 6.45) is 3.25. The van der Waals surface area contributed by atoms with Crippen molar-refractivity contribution in [3.05, 3.63) is 79.2 Å². The number of carbonyl (C=O) groups excluding carboxylic acids is 2. The molecule has 2 aliphatic carbocycles. The second-order valence-electron chi connectivity index (χ2n) is 8.45. The van der Waals surface area contributed by atoms with Crippen molar-refractivity contribution in [3.8, 4) is 11.5 Å². The molecule has 0 saturated carbocycles. The van der Waals surface area contributed by atoms with Gasteiger partial charge >= 0.3 is 11.4 Å². The first kappa shape index (κ1) is 21.0. The number of phenols is 1. The SMILES string of the molecule is CCOc1cccc([C@H]2C3=CCn4c(=O)n(C)c(=O)n4[C@@H]3CC3=C2C(=O)C=C(C)C3=O)c1O. The van der Waals surface area contributed by atoms with E-state index in [-0.39, 0.29) is 36.0 Å². The number of nitrogens with zero attached hydrogens (tertiary/aromatic N) is 3. The maximum Gasteiger partial charge on any atom is 0.347 e. The van der Waals surface area contributed by atoms with Crippen LogP contribution >= 0.6 is 0 Å². The summed E-state index contributed by atoms with van der Waals surface area (Å²) in [5.74, 6) is -1.16. The maximum absolute atomic E-state index is 13.2. The number of aromatic hydroxyl groups is 1. The van der Waals surface area contributed by atoms with Crippen molar-refractivity contribution in [1.29, 1.82) is 0 Å². The zero-order valence-corrected chi connectivity index (χ0v) is 18.5. The van der Waals surface area contributed by atoms with E-state index in [1.54, 1.807) is 32.0 Å². The summed E-state index contributed by atoms with van der Waals surface area (Å²) in [5, 5.41) is 11.0. The van der Waals surface area contributed by atoms with E-state index in [2.05, 4.69) is 0 Å². The normalized spacial score (nSPS) is 21.8. The molecule has 0 bridgehead atoms. The molecule has 0 radical (unpaired) electrons. The number of hydrogen-bond acceptors (Lipinski definition) is 6. The van der Waals surface area contributed by atoms with E-state index in [1.165, 1.54) is 22.5 Å². The number of para-hydroxylation sites is 1. The largest absolute Gasteiger partial charge is 0.504 e. The number of hydrogen-bond donors (Lipinski definition) is 1. The first-order valence-electron chi connectivity index (χ1n) is 10.8. The Labute approximate surface area is 188 Å². The van der Waals surface area contributed by atoms with Gasteiger partial charge in [-0.3, -0.25) is 9.59 Å². The molecule has 2 aromatic rings. The number of aromatic nitrogens is 3. The molecule has 170 valence electrons. The van der Waals surface area contributed by atoms with Crippen molar-refractivity contribution >= 4 is 11.6 Å². The molecule has 1 aromatic heterocycles. The second-order valence-corrected chi connectivity index (χ2v) is 8.45. The summed E-state index contributed by atoms with van der Waals surface area (Å²) in [4.78, 5) is 51.8. The van der Waals surface area contributed by atoms with Crippen molar-refractivity contribution in [2.75, 3.05) is 6.61 Å². The van der Waals surface area contributed by atoms with E-state index in [0.717, 1.165) is 4.57 Å². The maximum atomic E-state index is 13.2. The monoisotopic (exact) mass is 449 g/mol. The van der Waals surface area contributed by atoms with Crippen LogP contribution < -0.4 is 16.1 Å². The van der Waals surface area contributed by atoms with Crippen molar-refractivity contribution in [2.24, 2.45) is 7.05 Å². The number of phenolic OH excluding ortho intramolecular Hbond substituents is 1. The molecule has 0 fully saturated rings.